The molecule has 18 heavy (non-hydrogen) atoms. The van der Waals surface area contributed by atoms with Crippen molar-refractivity contribution in [1.29, 1.82) is 0 Å². The maximum absolute atomic E-state index is 12.1. The van der Waals surface area contributed by atoms with Gasteiger partial charge in [-0.05, 0) is 0 Å². The number of carbonyl (C=O) groups excluding carboxylic acids is 1. The average molecular weight is 264 g/mol. The summed E-state index contributed by atoms with van der Waals surface area (Å²) in [5.74, 6) is -0.669. The lowest BCUT2D eigenvalue weighted by molar-refractivity contribution is -0.138. The second-order valence-electron chi connectivity index (χ2n) is 5.03. The van der Waals surface area contributed by atoms with Gasteiger partial charge in [-0.25, -0.2) is 4.98 Å². The Morgan fingerprint density at radius 2 is 1.89 bits per heavy atom. The Morgan fingerprint density at radius 3 is 2.28 bits per heavy atom. The highest BCUT2D eigenvalue weighted by Crippen LogP contribution is 2.19. The van der Waals surface area contributed by atoms with E-state index in [1.807, 2.05) is 20.8 Å². The minimum absolute atomic E-state index is 0.258. The lowest BCUT2D eigenvalue weighted by Gasteiger charge is -2.17. The van der Waals surface area contributed by atoms with Crippen LogP contribution in [0, 0.1) is 0 Å². The maximum Gasteiger partial charge on any atom is 0.406 e. The fraction of sp³-hybridized carbons (Fsp3) is 0.700. The zero-order valence-electron chi connectivity index (χ0n) is 10.6. The molecule has 8 heteroatoms. The van der Waals surface area contributed by atoms with Crippen LogP contribution in [-0.2, 0) is 5.41 Å². The van der Waals surface area contributed by atoms with E-state index in [0.717, 1.165) is 7.05 Å². The molecule has 1 rings (SSSR count). The van der Waals surface area contributed by atoms with Gasteiger partial charge in [0.2, 0.25) is 5.82 Å². The molecule has 0 saturated heterocycles. The van der Waals surface area contributed by atoms with E-state index in [1.54, 1.807) is 0 Å². The highest BCUT2D eigenvalue weighted by molar-refractivity contribution is 5.90. The van der Waals surface area contributed by atoms with Crippen molar-refractivity contribution in [3.63, 3.8) is 0 Å². The van der Waals surface area contributed by atoms with E-state index in [-0.39, 0.29) is 11.2 Å². The van der Waals surface area contributed by atoms with E-state index in [2.05, 4.69) is 15.2 Å². The van der Waals surface area contributed by atoms with Crippen LogP contribution in [0.3, 0.4) is 0 Å². The van der Waals surface area contributed by atoms with Crippen LogP contribution in [0.4, 0.5) is 13.2 Å². The summed E-state index contributed by atoms with van der Waals surface area (Å²) in [6.45, 7) is 4.22. The van der Waals surface area contributed by atoms with Gasteiger partial charge in [-0.1, -0.05) is 20.8 Å². The summed E-state index contributed by atoms with van der Waals surface area (Å²) >= 11 is 0. The minimum Gasteiger partial charge on any atom is -0.330 e. The lowest BCUT2D eigenvalue weighted by Crippen LogP contribution is -2.36. The average Bonchev–Trinajstić information content (AvgIpc) is 2.61. The molecule has 1 N–H and O–H groups in total. The zero-order valence-corrected chi connectivity index (χ0v) is 10.6. The molecule has 5 nitrogen and oxygen atoms in total. The van der Waals surface area contributed by atoms with Crippen LogP contribution >= 0.6 is 0 Å². The number of alkyl halides is 3. The molecule has 102 valence electrons. The number of nitrogens with zero attached hydrogens (tertiary/aromatic N) is 3. The SMILES string of the molecule is CN(CC(F)(F)F)C(=O)c1n[nH]c(C(C)(C)C)n1. The number of aromatic amines is 1. The van der Waals surface area contributed by atoms with Crippen molar-refractivity contribution in [3.05, 3.63) is 11.6 Å². The quantitative estimate of drug-likeness (QED) is 0.885. The second kappa shape index (κ2) is 4.58. The number of amides is 1. The summed E-state index contributed by atoms with van der Waals surface area (Å²) in [6.07, 6.45) is -4.44. The smallest absolute Gasteiger partial charge is 0.330 e. The molecule has 0 aliphatic rings. The van der Waals surface area contributed by atoms with Gasteiger partial charge >= 0.3 is 6.18 Å². The van der Waals surface area contributed by atoms with Crippen molar-refractivity contribution >= 4 is 5.91 Å². The fourth-order valence-electron chi connectivity index (χ4n) is 1.20. The predicted molar refractivity (Wildman–Crippen MR) is 58.1 cm³/mol. The molecule has 0 spiro atoms. The zero-order chi connectivity index (χ0) is 14.1. The van der Waals surface area contributed by atoms with Crippen LogP contribution in [0.1, 0.15) is 37.2 Å². The Balaban J connectivity index is 2.82. The normalized spacial score (nSPS) is 12.6. The van der Waals surface area contributed by atoms with Crippen molar-refractivity contribution in [2.45, 2.75) is 32.4 Å². The molecule has 0 aromatic carbocycles. The molecule has 1 amide bonds. The summed E-state index contributed by atoms with van der Waals surface area (Å²) in [7, 11) is 1.06. The Hall–Kier alpha value is -1.60. The monoisotopic (exact) mass is 264 g/mol. The van der Waals surface area contributed by atoms with Crippen molar-refractivity contribution < 1.29 is 18.0 Å². The number of carbonyl (C=O) groups is 1. The molecule has 0 saturated carbocycles. The van der Waals surface area contributed by atoms with Crippen molar-refractivity contribution in [2.24, 2.45) is 0 Å². The number of H-pyrrole nitrogens is 1. The van der Waals surface area contributed by atoms with E-state index in [4.69, 9.17) is 0 Å². The molecule has 0 radical (unpaired) electrons. The van der Waals surface area contributed by atoms with Crippen LogP contribution in [-0.4, -0.2) is 45.8 Å². The molecule has 0 aliphatic heterocycles. The van der Waals surface area contributed by atoms with Crippen LogP contribution in [0.5, 0.6) is 0 Å². The Bertz CT molecular complexity index is 433. The summed E-state index contributed by atoms with van der Waals surface area (Å²) in [4.78, 5) is 16.1. The van der Waals surface area contributed by atoms with Gasteiger partial charge in [0.25, 0.3) is 5.91 Å². The van der Waals surface area contributed by atoms with Gasteiger partial charge in [0.05, 0.1) is 0 Å². The molecular weight excluding hydrogens is 249 g/mol. The van der Waals surface area contributed by atoms with E-state index in [1.165, 1.54) is 0 Å². The van der Waals surface area contributed by atoms with Gasteiger partial charge in [0.1, 0.15) is 12.4 Å². The van der Waals surface area contributed by atoms with Gasteiger partial charge in [0.15, 0.2) is 0 Å². The number of nitrogens with one attached hydrogen (secondary N) is 1. The molecule has 0 aliphatic carbocycles. The third-order valence-electron chi connectivity index (χ3n) is 2.15. The van der Waals surface area contributed by atoms with Gasteiger partial charge in [-0.3, -0.25) is 9.89 Å². The van der Waals surface area contributed by atoms with E-state index in [0.29, 0.717) is 10.7 Å². The summed E-state index contributed by atoms with van der Waals surface area (Å²) in [6, 6.07) is 0. The summed E-state index contributed by atoms with van der Waals surface area (Å²) in [5, 5.41) is 6.19. The minimum atomic E-state index is -4.44. The Morgan fingerprint density at radius 1 is 1.33 bits per heavy atom. The predicted octanol–water partition coefficient (Wildman–Crippen LogP) is 1.74. The molecule has 1 aromatic heterocycles. The molecule has 0 fully saturated rings. The first-order valence-corrected chi connectivity index (χ1v) is 5.26. The topological polar surface area (TPSA) is 61.9 Å². The number of halogens is 3. The molecular formula is C10H15F3N4O. The molecule has 0 bridgehead atoms. The van der Waals surface area contributed by atoms with Gasteiger partial charge in [0, 0.05) is 12.5 Å². The van der Waals surface area contributed by atoms with Crippen LogP contribution < -0.4 is 0 Å². The third kappa shape index (κ3) is 3.71. The first-order valence-electron chi connectivity index (χ1n) is 5.26. The van der Waals surface area contributed by atoms with Crippen LogP contribution in [0.2, 0.25) is 0 Å². The van der Waals surface area contributed by atoms with Gasteiger partial charge < -0.3 is 4.90 Å². The highest BCUT2D eigenvalue weighted by Gasteiger charge is 2.33. The fourth-order valence-corrected chi connectivity index (χ4v) is 1.20. The van der Waals surface area contributed by atoms with Crippen molar-refractivity contribution in [1.82, 2.24) is 20.1 Å². The van der Waals surface area contributed by atoms with Gasteiger partial charge in [-0.15, -0.1) is 5.10 Å². The molecule has 1 aromatic rings. The first-order chi connectivity index (χ1) is 8.00. The summed E-state index contributed by atoms with van der Waals surface area (Å²) in [5.41, 5.74) is -0.353. The van der Waals surface area contributed by atoms with Gasteiger partial charge in [-0.2, -0.15) is 13.2 Å². The standard InChI is InChI=1S/C10H15F3N4O/c1-9(2,3)8-14-6(15-16-8)7(18)17(4)5-10(11,12)13/h5H2,1-4H3,(H,14,15,16). The van der Waals surface area contributed by atoms with E-state index < -0.39 is 18.6 Å². The second-order valence-corrected chi connectivity index (χ2v) is 5.03. The molecule has 0 unspecified atom stereocenters. The highest BCUT2D eigenvalue weighted by atomic mass is 19.4. The van der Waals surface area contributed by atoms with Crippen molar-refractivity contribution in [3.8, 4) is 0 Å². The number of aromatic nitrogens is 3. The van der Waals surface area contributed by atoms with E-state index in [9.17, 15) is 18.0 Å². The molecule has 1 heterocycles. The number of hydrogen-bond acceptors (Lipinski definition) is 3. The maximum atomic E-state index is 12.1. The summed E-state index contributed by atoms with van der Waals surface area (Å²) < 4.78 is 36.4. The Labute approximate surface area is 102 Å². The van der Waals surface area contributed by atoms with Crippen molar-refractivity contribution in [2.75, 3.05) is 13.6 Å². The Kier molecular flexibility index (Phi) is 3.68. The third-order valence-corrected chi connectivity index (χ3v) is 2.15. The largest absolute Gasteiger partial charge is 0.406 e. The first kappa shape index (κ1) is 14.5. The van der Waals surface area contributed by atoms with Crippen LogP contribution in [0.25, 0.3) is 0 Å². The molecule has 0 atom stereocenters. The van der Waals surface area contributed by atoms with Crippen LogP contribution in [0.15, 0.2) is 0 Å². The lowest BCUT2D eigenvalue weighted by atomic mass is 9.96. The number of hydrogen-bond donors (Lipinski definition) is 1. The van der Waals surface area contributed by atoms with E-state index >= 15 is 0 Å². The number of rotatable bonds is 2.